The highest BCUT2D eigenvalue weighted by atomic mass is 19.5. The van der Waals surface area contributed by atoms with Gasteiger partial charge in [0.2, 0.25) is 0 Å². The Labute approximate surface area is 176 Å². The monoisotopic (exact) mass is 425 g/mol. The van der Waals surface area contributed by atoms with Crippen molar-refractivity contribution in [2.45, 2.75) is 111 Å². The van der Waals surface area contributed by atoms with Crippen LogP contribution in [0.5, 0.6) is 0 Å². The van der Waals surface area contributed by atoms with Crippen LogP contribution < -0.4 is 5.73 Å². The maximum atomic E-state index is 12.3. The fourth-order valence-electron chi connectivity index (χ4n) is 3.74. The molecule has 0 aliphatic carbocycles. The molecule has 0 heterocycles. The van der Waals surface area contributed by atoms with Crippen LogP contribution in [0.2, 0.25) is 0 Å². The van der Waals surface area contributed by atoms with Crippen molar-refractivity contribution in [3.8, 4) is 0 Å². The van der Waals surface area contributed by atoms with Crippen LogP contribution in [0.4, 0.5) is 17.3 Å². The van der Waals surface area contributed by atoms with E-state index in [4.69, 9.17) is 0 Å². The summed E-state index contributed by atoms with van der Waals surface area (Å²) in [5.41, 5.74) is 4.93. The molecule has 3 N–H and O–H groups in total. The highest BCUT2D eigenvalue weighted by Gasteiger charge is 2.36. The minimum atomic E-state index is -6.00. The Kier molecular flexibility index (Phi) is 16.7. The van der Waals surface area contributed by atoms with Gasteiger partial charge in [0.25, 0.3) is 0 Å². The van der Waals surface area contributed by atoms with Crippen molar-refractivity contribution < 1.29 is 27.8 Å². The van der Waals surface area contributed by atoms with Gasteiger partial charge < -0.3 is 23.0 Å². The van der Waals surface area contributed by atoms with Gasteiger partial charge >= 0.3 is 7.25 Å². The molecule has 0 amide bonds. The van der Waals surface area contributed by atoms with Gasteiger partial charge in [0.1, 0.15) is 0 Å². The SMILES string of the molecule is C=C(C)C(=O)C(C)C(CCCCCCCCCCCC)C(C)(C)[NH3+].F[B-](F)(F)F. The van der Waals surface area contributed by atoms with Crippen LogP contribution in [-0.2, 0) is 4.79 Å². The molecule has 0 fully saturated rings. The third-order valence-electron chi connectivity index (χ3n) is 5.31. The van der Waals surface area contributed by atoms with Crippen molar-refractivity contribution in [1.82, 2.24) is 0 Å². The largest absolute Gasteiger partial charge is 0.673 e. The van der Waals surface area contributed by atoms with Crippen molar-refractivity contribution in [3.05, 3.63) is 12.2 Å². The Morgan fingerprint density at radius 1 is 0.931 bits per heavy atom. The summed E-state index contributed by atoms with van der Waals surface area (Å²) in [5.74, 6) is 0.591. The first-order valence-electron chi connectivity index (χ1n) is 11.1. The van der Waals surface area contributed by atoms with E-state index in [1.54, 1.807) is 0 Å². The van der Waals surface area contributed by atoms with Crippen LogP contribution in [0, 0.1) is 11.8 Å². The number of unbranched alkanes of at least 4 members (excludes halogenated alkanes) is 9. The van der Waals surface area contributed by atoms with E-state index in [2.05, 4.69) is 40.0 Å². The summed E-state index contributed by atoms with van der Waals surface area (Å²) in [6.07, 6.45) is 14.6. The summed E-state index contributed by atoms with van der Waals surface area (Å²) in [6, 6.07) is 0. The van der Waals surface area contributed by atoms with E-state index in [0.717, 1.165) is 6.42 Å². The number of hydrogen-bond acceptors (Lipinski definition) is 1. The third-order valence-corrected chi connectivity index (χ3v) is 5.31. The quantitative estimate of drug-likeness (QED) is 0.130. The summed E-state index contributed by atoms with van der Waals surface area (Å²) < 4.78 is 39.0. The zero-order chi connectivity index (χ0) is 23.1. The topological polar surface area (TPSA) is 44.7 Å². The summed E-state index contributed by atoms with van der Waals surface area (Å²) >= 11 is 0. The van der Waals surface area contributed by atoms with Gasteiger partial charge in [0.15, 0.2) is 5.78 Å². The van der Waals surface area contributed by atoms with Gasteiger partial charge in [0, 0.05) is 11.8 Å². The first-order chi connectivity index (χ1) is 13.2. The van der Waals surface area contributed by atoms with Crippen LogP contribution in [0.1, 0.15) is 105 Å². The highest BCUT2D eigenvalue weighted by molar-refractivity contribution is 6.50. The van der Waals surface area contributed by atoms with E-state index < -0.39 is 7.25 Å². The van der Waals surface area contributed by atoms with Crippen LogP contribution in [0.25, 0.3) is 0 Å². The van der Waals surface area contributed by atoms with Gasteiger partial charge in [-0.15, -0.1) is 0 Å². The number of halogens is 4. The van der Waals surface area contributed by atoms with Gasteiger partial charge in [-0.25, -0.2) is 0 Å². The zero-order valence-corrected chi connectivity index (χ0v) is 19.3. The number of Topliss-reactive ketones (excluding diaryl/α,β-unsaturated/α-hetero) is 1. The average molecular weight is 425 g/mol. The molecule has 2 atom stereocenters. The minimum absolute atomic E-state index is 0.0357. The van der Waals surface area contributed by atoms with Crippen LogP contribution in [-0.4, -0.2) is 18.6 Å². The first kappa shape index (κ1) is 30.3. The molecule has 0 aromatic carbocycles. The number of carbonyl (C=O) groups excluding carboxylic acids is 1. The number of carbonyl (C=O) groups is 1. The molecule has 0 saturated heterocycles. The van der Waals surface area contributed by atoms with Crippen LogP contribution in [0.3, 0.4) is 0 Å². The molecular formula is C22H44BF4NO. The minimum Gasteiger partial charge on any atom is -0.418 e. The second-order valence-corrected chi connectivity index (χ2v) is 8.99. The fraction of sp³-hybridized carbons (Fsp3) is 0.864. The number of rotatable bonds is 15. The number of allylic oxidation sites excluding steroid dienone is 1. The summed E-state index contributed by atoms with van der Waals surface area (Å²) in [4.78, 5) is 12.3. The van der Waals surface area contributed by atoms with E-state index >= 15 is 0 Å². The molecular weight excluding hydrogens is 381 g/mol. The predicted octanol–water partition coefficient (Wildman–Crippen LogP) is 7.02. The van der Waals surface area contributed by atoms with Crippen LogP contribution in [0.15, 0.2) is 12.2 Å². The predicted molar refractivity (Wildman–Crippen MR) is 116 cm³/mol. The maximum absolute atomic E-state index is 12.3. The van der Waals surface area contributed by atoms with Gasteiger partial charge in [-0.3, -0.25) is 4.79 Å². The molecule has 0 aliphatic rings. The lowest BCUT2D eigenvalue weighted by Gasteiger charge is -2.32. The second kappa shape index (κ2) is 15.9. The van der Waals surface area contributed by atoms with Gasteiger partial charge in [0.05, 0.1) is 5.54 Å². The van der Waals surface area contributed by atoms with Crippen molar-refractivity contribution in [2.24, 2.45) is 11.8 Å². The Morgan fingerprint density at radius 2 is 1.28 bits per heavy atom. The van der Waals surface area contributed by atoms with Crippen LogP contribution >= 0.6 is 0 Å². The lowest BCUT2D eigenvalue weighted by atomic mass is 9.73. The molecule has 2 nitrogen and oxygen atoms in total. The molecule has 0 aromatic rings. The van der Waals surface area contributed by atoms with E-state index in [1.165, 1.54) is 64.2 Å². The molecule has 29 heavy (non-hydrogen) atoms. The molecule has 7 heteroatoms. The van der Waals surface area contributed by atoms with E-state index in [1.807, 2.05) is 6.92 Å². The number of ketones is 1. The molecule has 0 aliphatic heterocycles. The van der Waals surface area contributed by atoms with Crippen molar-refractivity contribution >= 4 is 13.0 Å². The Hall–Kier alpha value is -0.845. The second-order valence-electron chi connectivity index (χ2n) is 8.99. The molecule has 0 radical (unpaired) electrons. The Bertz CT molecular complexity index is 441. The molecule has 174 valence electrons. The molecule has 2 unspecified atom stereocenters. The lowest BCUT2D eigenvalue weighted by Crippen LogP contribution is -2.73. The van der Waals surface area contributed by atoms with Gasteiger partial charge in [-0.05, 0) is 32.8 Å². The summed E-state index contributed by atoms with van der Waals surface area (Å²) in [5, 5.41) is 0. The van der Waals surface area contributed by atoms with Crippen molar-refractivity contribution in [3.63, 3.8) is 0 Å². The standard InChI is InChI=1S/C22H43NO.BF4/c1-7-8-9-10-11-12-13-14-15-16-17-20(22(5,6)23)19(4)21(24)18(2)3;2-1(3,4)5/h19-20H,2,7-17,23H2,1,3-6H3;/q;-1/p+1. The molecule has 0 spiro atoms. The first-order valence-corrected chi connectivity index (χ1v) is 11.1. The van der Waals surface area contributed by atoms with E-state index in [-0.39, 0.29) is 17.2 Å². The molecule has 0 saturated carbocycles. The zero-order valence-electron chi connectivity index (χ0n) is 19.3. The lowest BCUT2D eigenvalue weighted by molar-refractivity contribution is -0.482. The van der Waals surface area contributed by atoms with E-state index in [9.17, 15) is 22.1 Å². The highest BCUT2D eigenvalue weighted by Crippen LogP contribution is 2.29. The summed E-state index contributed by atoms with van der Waals surface area (Å²) in [6.45, 7) is 14.3. The summed E-state index contributed by atoms with van der Waals surface area (Å²) in [7, 11) is -6.00. The average Bonchev–Trinajstić information content (AvgIpc) is 2.55. The van der Waals surface area contributed by atoms with E-state index in [0.29, 0.717) is 11.5 Å². The maximum Gasteiger partial charge on any atom is 0.673 e. The van der Waals surface area contributed by atoms with Gasteiger partial charge in [-0.1, -0.05) is 84.6 Å². The number of quaternary nitrogens is 1. The van der Waals surface area contributed by atoms with Crippen molar-refractivity contribution in [2.75, 3.05) is 0 Å². The van der Waals surface area contributed by atoms with Crippen molar-refractivity contribution in [1.29, 1.82) is 0 Å². The van der Waals surface area contributed by atoms with Gasteiger partial charge in [-0.2, -0.15) is 0 Å². The third kappa shape index (κ3) is 20.2. The molecule has 0 rings (SSSR count). The fourth-order valence-corrected chi connectivity index (χ4v) is 3.74. The molecule has 0 bridgehead atoms. The number of hydrogen-bond donors (Lipinski definition) is 1. The smallest absolute Gasteiger partial charge is 0.418 e. The normalized spacial score (nSPS) is 14.0. The Balaban J connectivity index is 0. The molecule has 0 aromatic heterocycles. The Morgan fingerprint density at radius 3 is 1.59 bits per heavy atom.